The van der Waals surface area contributed by atoms with Gasteiger partial charge in [-0.25, -0.2) is 4.98 Å². The molecule has 1 unspecified atom stereocenters. The van der Waals surface area contributed by atoms with Crippen LogP contribution in [0.15, 0.2) is 89.3 Å². The number of ether oxygens (including phenoxy) is 1. The summed E-state index contributed by atoms with van der Waals surface area (Å²) in [5.74, 6) is 1.49. The van der Waals surface area contributed by atoms with Crippen molar-refractivity contribution in [3.63, 3.8) is 0 Å². The number of fused-ring (bicyclic) bond motifs is 2. The van der Waals surface area contributed by atoms with E-state index >= 15 is 0 Å². The molecule has 0 aliphatic rings. The van der Waals surface area contributed by atoms with Crippen molar-refractivity contribution in [3.8, 4) is 17.2 Å². The summed E-state index contributed by atoms with van der Waals surface area (Å²) in [5.41, 5.74) is 4.43. The molecule has 1 heterocycles. The van der Waals surface area contributed by atoms with Gasteiger partial charge in [0, 0.05) is 11.3 Å². The molecule has 1 aromatic heterocycles. The standard InChI is InChI=1S/C29H26N2O3/c1-3-19(2)22-11-15-27-26(17-22)31-29(34-27)21-8-12-24(13-9-21)30-28(32)18-33-25-14-10-20-6-4-5-7-23(20)16-25/h4-17,19H,3,18H2,1-2H3,(H,30,32). The van der Waals surface area contributed by atoms with Crippen molar-refractivity contribution in [2.45, 2.75) is 26.2 Å². The van der Waals surface area contributed by atoms with Crippen molar-refractivity contribution in [2.75, 3.05) is 11.9 Å². The highest BCUT2D eigenvalue weighted by Gasteiger charge is 2.12. The molecule has 0 saturated heterocycles. The predicted molar refractivity (Wildman–Crippen MR) is 136 cm³/mol. The Morgan fingerprint density at radius 1 is 0.971 bits per heavy atom. The molecule has 0 aliphatic heterocycles. The van der Waals surface area contributed by atoms with Crippen LogP contribution in [0.1, 0.15) is 31.7 Å². The fraction of sp³-hybridized carbons (Fsp3) is 0.172. The molecule has 1 N–H and O–H groups in total. The zero-order chi connectivity index (χ0) is 23.5. The maximum Gasteiger partial charge on any atom is 0.262 e. The van der Waals surface area contributed by atoms with Crippen LogP contribution in [0.25, 0.3) is 33.3 Å². The lowest BCUT2D eigenvalue weighted by molar-refractivity contribution is -0.118. The normalized spacial score (nSPS) is 12.1. The van der Waals surface area contributed by atoms with E-state index in [1.165, 1.54) is 5.56 Å². The Hall–Kier alpha value is -4.12. The van der Waals surface area contributed by atoms with Gasteiger partial charge in [0.25, 0.3) is 5.91 Å². The largest absolute Gasteiger partial charge is 0.484 e. The first-order valence-electron chi connectivity index (χ1n) is 11.5. The SMILES string of the molecule is CCC(C)c1ccc2oc(-c3ccc(NC(=O)COc4ccc5ccccc5c4)cc3)nc2c1. The summed E-state index contributed by atoms with van der Waals surface area (Å²) in [6.07, 6.45) is 1.08. The van der Waals surface area contributed by atoms with Crippen molar-refractivity contribution < 1.29 is 13.9 Å². The van der Waals surface area contributed by atoms with Crippen LogP contribution in [0.5, 0.6) is 5.75 Å². The van der Waals surface area contributed by atoms with Gasteiger partial charge < -0.3 is 14.5 Å². The van der Waals surface area contributed by atoms with E-state index in [4.69, 9.17) is 9.15 Å². The number of aromatic nitrogens is 1. The van der Waals surface area contributed by atoms with Gasteiger partial charge in [0.05, 0.1) is 0 Å². The van der Waals surface area contributed by atoms with Gasteiger partial charge in [-0.15, -0.1) is 0 Å². The topological polar surface area (TPSA) is 64.4 Å². The number of hydrogen-bond acceptors (Lipinski definition) is 4. The fourth-order valence-corrected chi connectivity index (χ4v) is 3.91. The Kier molecular flexibility index (Phi) is 6.00. The van der Waals surface area contributed by atoms with E-state index in [0.717, 1.165) is 33.9 Å². The summed E-state index contributed by atoms with van der Waals surface area (Å²) < 4.78 is 11.6. The molecule has 1 atom stereocenters. The van der Waals surface area contributed by atoms with Crippen LogP contribution in [-0.2, 0) is 4.79 Å². The van der Waals surface area contributed by atoms with Gasteiger partial charge in [-0.2, -0.15) is 0 Å². The van der Waals surface area contributed by atoms with Gasteiger partial charge >= 0.3 is 0 Å². The minimum atomic E-state index is -0.222. The van der Waals surface area contributed by atoms with E-state index in [1.807, 2.05) is 72.8 Å². The number of nitrogens with zero attached hydrogens (tertiary/aromatic N) is 1. The minimum absolute atomic E-state index is 0.0657. The van der Waals surface area contributed by atoms with E-state index in [1.54, 1.807) is 0 Å². The maximum absolute atomic E-state index is 12.4. The maximum atomic E-state index is 12.4. The molecule has 0 aliphatic carbocycles. The third-order valence-corrected chi connectivity index (χ3v) is 6.10. The van der Waals surface area contributed by atoms with E-state index in [-0.39, 0.29) is 12.5 Å². The molecule has 0 bridgehead atoms. The van der Waals surface area contributed by atoms with Crippen molar-refractivity contribution in [3.05, 3.63) is 90.5 Å². The molecule has 0 saturated carbocycles. The third kappa shape index (κ3) is 4.64. The lowest BCUT2D eigenvalue weighted by atomic mass is 9.98. The lowest BCUT2D eigenvalue weighted by Gasteiger charge is -2.08. The molecule has 5 aromatic rings. The summed E-state index contributed by atoms with van der Waals surface area (Å²) in [7, 11) is 0. The van der Waals surface area contributed by atoms with Crippen LogP contribution in [0.2, 0.25) is 0 Å². The van der Waals surface area contributed by atoms with Crippen LogP contribution in [0, 0.1) is 0 Å². The highest BCUT2D eigenvalue weighted by atomic mass is 16.5. The molecule has 5 rings (SSSR count). The van der Waals surface area contributed by atoms with Crippen LogP contribution in [0.4, 0.5) is 5.69 Å². The molecule has 4 aromatic carbocycles. The van der Waals surface area contributed by atoms with Crippen molar-refractivity contribution in [1.82, 2.24) is 4.98 Å². The zero-order valence-corrected chi connectivity index (χ0v) is 19.2. The predicted octanol–water partition coefficient (Wildman–Crippen LogP) is 7.18. The molecule has 5 heteroatoms. The van der Waals surface area contributed by atoms with Gasteiger partial charge in [-0.3, -0.25) is 4.79 Å². The number of carbonyl (C=O) groups is 1. The summed E-state index contributed by atoms with van der Waals surface area (Å²) >= 11 is 0. The number of anilines is 1. The number of rotatable bonds is 7. The first-order chi connectivity index (χ1) is 16.6. The fourth-order valence-electron chi connectivity index (χ4n) is 3.91. The van der Waals surface area contributed by atoms with Crippen LogP contribution >= 0.6 is 0 Å². The summed E-state index contributed by atoms with van der Waals surface area (Å²) in [6, 6.07) is 27.5. The number of benzene rings is 4. The number of carbonyl (C=O) groups excluding carboxylic acids is 1. The third-order valence-electron chi connectivity index (χ3n) is 6.10. The lowest BCUT2D eigenvalue weighted by Crippen LogP contribution is -2.20. The molecular weight excluding hydrogens is 424 g/mol. The molecule has 34 heavy (non-hydrogen) atoms. The highest BCUT2D eigenvalue weighted by molar-refractivity contribution is 5.92. The van der Waals surface area contributed by atoms with Gasteiger partial charge in [0.2, 0.25) is 5.89 Å². The highest BCUT2D eigenvalue weighted by Crippen LogP contribution is 2.28. The Bertz CT molecular complexity index is 1450. The number of amides is 1. The zero-order valence-electron chi connectivity index (χ0n) is 19.2. The summed E-state index contributed by atoms with van der Waals surface area (Å²) in [4.78, 5) is 17.0. The van der Waals surface area contributed by atoms with Crippen molar-refractivity contribution >= 4 is 33.5 Å². The second-order valence-electron chi connectivity index (χ2n) is 8.48. The van der Waals surface area contributed by atoms with E-state index < -0.39 is 0 Å². The Labute approximate surface area is 198 Å². The molecule has 0 radical (unpaired) electrons. The van der Waals surface area contributed by atoms with E-state index in [2.05, 4.69) is 36.3 Å². The number of nitrogens with one attached hydrogen (secondary N) is 1. The minimum Gasteiger partial charge on any atom is -0.484 e. The molecule has 0 fully saturated rings. The van der Waals surface area contributed by atoms with Crippen LogP contribution < -0.4 is 10.1 Å². The van der Waals surface area contributed by atoms with Gasteiger partial charge in [0.15, 0.2) is 12.2 Å². The first-order valence-corrected chi connectivity index (χ1v) is 11.5. The molecular formula is C29H26N2O3. The first kappa shape index (κ1) is 21.7. The Balaban J connectivity index is 1.22. The smallest absolute Gasteiger partial charge is 0.262 e. The molecule has 1 amide bonds. The van der Waals surface area contributed by atoms with E-state index in [0.29, 0.717) is 23.2 Å². The molecule has 0 spiro atoms. The Morgan fingerprint density at radius 2 is 1.76 bits per heavy atom. The quantitative estimate of drug-likeness (QED) is 0.285. The monoisotopic (exact) mass is 450 g/mol. The van der Waals surface area contributed by atoms with Crippen LogP contribution in [-0.4, -0.2) is 17.5 Å². The van der Waals surface area contributed by atoms with Gasteiger partial charge in [0.1, 0.15) is 11.3 Å². The Morgan fingerprint density at radius 3 is 2.56 bits per heavy atom. The van der Waals surface area contributed by atoms with Gasteiger partial charge in [-0.1, -0.05) is 50.2 Å². The summed E-state index contributed by atoms with van der Waals surface area (Å²) in [5, 5.41) is 5.07. The van der Waals surface area contributed by atoms with E-state index in [9.17, 15) is 4.79 Å². The van der Waals surface area contributed by atoms with Crippen molar-refractivity contribution in [2.24, 2.45) is 0 Å². The second-order valence-corrected chi connectivity index (χ2v) is 8.48. The molecule has 170 valence electrons. The van der Waals surface area contributed by atoms with Crippen LogP contribution in [0.3, 0.4) is 0 Å². The summed E-state index contributed by atoms with van der Waals surface area (Å²) in [6.45, 7) is 4.32. The average Bonchev–Trinajstić information content (AvgIpc) is 3.31. The molecule has 5 nitrogen and oxygen atoms in total. The second kappa shape index (κ2) is 9.40. The number of hydrogen-bond donors (Lipinski definition) is 1. The van der Waals surface area contributed by atoms with Crippen molar-refractivity contribution in [1.29, 1.82) is 0 Å². The average molecular weight is 451 g/mol. The van der Waals surface area contributed by atoms with Gasteiger partial charge in [-0.05, 0) is 77.2 Å². The number of oxazole rings is 1.